The average Bonchev–Trinajstić information content (AvgIpc) is 3.40. The molecular weight excluding hydrogens is 575 g/mol. The molecule has 6 nitrogen and oxygen atoms in total. The van der Waals surface area contributed by atoms with Crippen LogP contribution >= 0.6 is 11.3 Å². The first-order valence-corrected chi connectivity index (χ1v) is 15.1. The van der Waals surface area contributed by atoms with Crippen LogP contribution < -0.4 is 9.64 Å². The SMILES string of the molecule is CCOc1ccc(N2CCN(Cc3nc(-c4ccc(C(F)(F)F)cc4)sc3CCC(=O)c3ccc(O)c(C)c3)CC2)cc1. The van der Waals surface area contributed by atoms with Gasteiger partial charge in [0.1, 0.15) is 16.5 Å². The third-order valence-electron chi connectivity index (χ3n) is 7.59. The molecule has 10 heteroatoms. The predicted molar refractivity (Wildman–Crippen MR) is 163 cm³/mol. The Balaban J connectivity index is 1.30. The molecule has 2 heterocycles. The number of anilines is 1. The van der Waals surface area contributed by atoms with E-state index in [9.17, 15) is 23.1 Å². The topological polar surface area (TPSA) is 65.9 Å². The van der Waals surface area contributed by atoms with Gasteiger partial charge in [-0.2, -0.15) is 13.2 Å². The summed E-state index contributed by atoms with van der Waals surface area (Å²) in [7, 11) is 0. The van der Waals surface area contributed by atoms with E-state index in [0.717, 1.165) is 60.3 Å². The number of phenols is 1. The number of carbonyl (C=O) groups is 1. The maximum absolute atomic E-state index is 13.1. The number of alkyl halides is 3. The quantitative estimate of drug-likeness (QED) is 0.189. The molecule has 1 aliphatic rings. The first-order chi connectivity index (χ1) is 20.6. The molecule has 0 atom stereocenters. The molecule has 0 amide bonds. The summed E-state index contributed by atoms with van der Waals surface area (Å²) in [6.07, 6.45) is -3.67. The first kappa shape index (κ1) is 30.6. The summed E-state index contributed by atoms with van der Waals surface area (Å²) in [5, 5.41) is 10.5. The summed E-state index contributed by atoms with van der Waals surface area (Å²) in [6.45, 7) is 8.27. The zero-order chi connectivity index (χ0) is 30.6. The highest BCUT2D eigenvalue weighted by atomic mass is 32.1. The molecule has 43 heavy (non-hydrogen) atoms. The van der Waals surface area contributed by atoms with Gasteiger partial charge in [0.25, 0.3) is 0 Å². The van der Waals surface area contributed by atoms with E-state index >= 15 is 0 Å². The standard InChI is InChI=1S/C33H34F3N3O3S/c1-3-42-27-11-9-26(10-12-27)39-18-16-38(17-19-39)21-28-31(15-14-30(41)24-6-13-29(40)22(2)20-24)43-32(37-28)23-4-7-25(8-5-23)33(34,35)36/h4-13,20,40H,3,14-19,21H2,1-2H3. The summed E-state index contributed by atoms with van der Waals surface area (Å²) in [5.41, 5.74) is 3.09. The van der Waals surface area contributed by atoms with E-state index in [1.54, 1.807) is 19.1 Å². The van der Waals surface area contributed by atoms with Crippen molar-refractivity contribution in [2.75, 3.05) is 37.7 Å². The fourth-order valence-corrected chi connectivity index (χ4v) is 6.20. The molecule has 4 aromatic rings. The summed E-state index contributed by atoms with van der Waals surface area (Å²) in [6, 6.07) is 18.0. The number of aryl methyl sites for hydroxylation is 2. The molecule has 1 fully saturated rings. The molecule has 0 radical (unpaired) electrons. The lowest BCUT2D eigenvalue weighted by Gasteiger charge is -2.36. The van der Waals surface area contributed by atoms with Crippen molar-refractivity contribution < 1.29 is 27.8 Å². The molecule has 5 rings (SSSR count). The van der Waals surface area contributed by atoms with Crippen LogP contribution in [0.3, 0.4) is 0 Å². The number of hydrogen-bond donors (Lipinski definition) is 1. The van der Waals surface area contributed by atoms with Gasteiger partial charge in [-0.05, 0) is 80.4 Å². The number of phenolic OH excluding ortho intramolecular Hbond substituents is 1. The van der Waals surface area contributed by atoms with Gasteiger partial charge in [-0.1, -0.05) is 12.1 Å². The van der Waals surface area contributed by atoms with Gasteiger partial charge in [0.05, 0.1) is 17.9 Å². The van der Waals surface area contributed by atoms with Crippen LogP contribution in [0.5, 0.6) is 11.5 Å². The number of rotatable bonds is 10. The minimum atomic E-state index is -4.40. The van der Waals surface area contributed by atoms with Gasteiger partial charge in [-0.15, -0.1) is 11.3 Å². The number of halogens is 3. The fraction of sp³-hybridized carbons (Fsp3) is 0.333. The molecule has 1 aliphatic heterocycles. The van der Waals surface area contributed by atoms with Gasteiger partial charge in [-0.25, -0.2) is 4.98 Å². The number of ether oxygens (including phenoxy) is 1. The van der Waals surface area contributed by atoms with Gasteiger partial charge in [0.15, 0.2) is 5.78 Å². The van der Waals surface area contributed by atoms with Crippen molar-refractivity contribution in [3.05, 3.63) is 94.0 Å². The van der Waals surface area contributed by atoms with Gasteiger partial charge < -0.3 is 14.7 Å². The molecule has 0 saturated carbocycles. The summed E-state index contributed by atoms with van der Waals surface area (Å²) in [4.78, 5) is 23.5. The Hall–Kier alpha value is -3.89. The van der Waals surface area contributed by atoms with E-state index in [1.165, 1.54) is 29.5 Å². The van der Waals surface area contributed by atoms with E-state index in [2.05, 4.69) is 21.9 Å². The molecule has 226 valence electrons. The number of benzene rings is 3. The first-order valence-electron chi connectivity index (χ1n) is 14.3. The van der Waals surface area contributed by atoms with Crippen molar-refractivity contribution in [3.63, 3.8) is 0 Å². The number of piperazine rings is 1. The largest absolute Gasteiger partial charge is 0.508 e. The number of aromatic hydroxyl groups is 1. The molecule has 3 aromatic carbocycles. The Morgan fingerprint density at radius 1 is 1.00 bits per heavy atom. The second kappa shape index (κ2) is 13.2. The highest BCUT2D eigenvalue weighted by Gasteiger charge is 2.30. The Morgan fingerprint density at radius 3 is 2.33 bits per heavy atom. The van der Waals surface area contributed by atoms with Crippen LogP contribution in [0.15, 0.2) is 66.7 Å². The summed E-state index contributed by atoms with van der Waals surface area (Å²) < 4.78 is 44.9. The van der Waals surface area contributed by atoms with E-state index in [0.29, 0.717) is 41.3 Å². The number of aromatic nitrogens is 1. The third kappa shape index (κ3) is 7.55. The second-order valence-electron chi connectivity index (χ2n) is 10.6. The van der Waals surface area contributed by atoms with Crippen LogP contribution in [0.25, 0.3) is 10.6 Å². The van der Waals surface area contributed by atoms with Crippen LogP contribution in [0, 0.1) is 6.92 Å². The number of Topliss-reactive ketones (excluding diaryl/α,β-unsaturated/α-hetero) is 1. The van der Waals surface area contributed by atoms with Crippen LogP contribution in [-0.4, -0.2) is 53.6 Å². The maximum Gasteiger partial charge on any atom is 0.416 e. The smallest absolute Gasteiger partial charge is 0.416 e. The third-order valence-corrected chi connectivity index (χ3v) is 8.80. The lowest BCUT2D eigenvalue weighted by molar-refractivity contribution is -0.137. The normalized spacial score (nSPS) is 14.2. The highest BCUT2D eigenvalue weighted by Crippen LogP contribution is 2.34. The van der Waals surface area contributed by atoms with Crippen LogP contribution in [0.2, 0.25) is 0 Å². The predicted octanol–water partition coefficient (Wildman–Crippen LogP) is 7.38. The van der Waals surface area contributed by atoms with Gasteiger partial charge in [0.2, 0.25) is 0 Å². The minimum absolute atomic E-state index is 0.0394. The van der Waals surface area contributed by atoms with Crippen molar-refractivity contribution >= 4 is 22.8 Å². The van der Waals surface area contributed by atoms with Crippen molar-refractivity contribution in [1.82, 2.24) is 9.88 Å². The molecular formula is C33H34F3N3O3S. The monoisotopic (exact) mass is 609 g/mol. The minimum Gasteiger partial charge on any atom is -0.508 e. The average molecular weight is 610 g/mol. The lowest BCUT2D eigenvalue weighted by atomic mass is 10.0. The number of thiazole rings is 1. The van der Waals surface area contributed by atoms with E-state index in [1.807, 2.05) is 19.1 Å². The van der Waals surface area contributed by atoms with Crippen LogP contribution in [0.1, 0.15) is 45.4 Å². The highest BCUT2D eigenvalue weighted by molar-refractivity contribution is 7.15. The van der Waals surface area contributed by atoms with Gasteiger partial charge in [-0.3, -0.25) is 9.69 Å². The number of hydrogen-bond acceptors (Lipinski definition) is 7. The Bertz CT molecular complexity index is 1540. The molecule has 1 saturated heterocycles. The number of carbonyl (C=O) groups excluding carboxylic acids is 1. The van der Waals surface area contributed by atoms with Gasteiger partial charge >= 0.3 is 6.18 Å². The molecule has 0 bridgehead atoms. The Labute approximate surface area is 253 Å². The van der Waals surface area contributed by atoms with Crippen molar-refractivity contribution in [2.24, 2.45) is 0 Å². The lowest BCUT2D eigenvalue weighted by Crippen LogP contribution is -2.46. The van der Waals surface area contributed by atoms with Crippen molar-refractivity contribution in [1.29, 1.82) is 0 Å². The zero-order valence-corrected chi connectivity index (χ0v) is 25.0. The number of nitrogens with zero attached hydrogens (tertiary/aromatic N) is 3. The Morgan fingerprint density at radius 2 is 1.70 bits per heavy atom. The summed E-state index contributed by atoms with van der Waals surface area (Å²) in [5.74, 6) is 0.955. The van der Waals surface area contributed by atoms with Crippen molar-refractivity contribution in [3.8, 4) is 22.1 Å². The Kier molecular flexibility index (Phi) is 9.37. The fourth-order valence-electron chi connectivity index (χ4n) is 5.12. The molecule has 1 N–H and O–H groups in total. The maximum atomic E-state index is 13.1. The molecule has 0 aliphatic carbocycles. The molecule has 0 spiro atoms. The van der Waals surface area contributed by atoms with Crippen LogP contribution in [-0.2, 0) is 19.1 Å². The van der Waals surface area contributed by atoms with E-state index in [-0.39, 0.29) is 18.0 Å². The van der Waals surface area contributed by atoms with Crippen LogP contribution in [0.4, 0.5) is 18.9 Å². The molecule has 1 aromatic heterocycles. The number of ketones is 1. The van der Waals surface area contributed by atoms with Crippen molar-refractivity contribution in [2.45, 2.75) is 39.4 Å². The van der Waals surface area contributed by atoms with Gasteiger partial charge in [0, 0.05) is 60.8 Å². The molecule has 0 unspecified atom stereocenters. The second-order valence-corrected chi connectivity index (χ2v) is 11.7. The van der Waals surface area contributed by atoms with E-state index < -0.39 is 11.7 Å². The summed E-state index contributed by atoms with van der Waals surface area (Å²) >= 11 is 1.43. The zero-order valence-electron chi connectivity index (χ0n) is 24.2. The van der Waals surface area contributed by atoms with E-state index in [4.69, 9.17) is 9.72 Å².